The summed E-state index contributed by atoms with van der Waals surface area (Å²) in [5, 5.41) is 8.02. The Balaban J connectivity index is 1.75. The Bertz CT molecular complexity index is 2190. The number of aryl methyl sites for hydroxylation is 1. The van der Waals surface area contributed by atoms with Gasteiger partial charge in [0.1, 0.15) is 11.2 Å². The standard InChI is InChI=1S/C47H50O2S2/c1-29(2)46(48-10,30(3)4)22-20-38-40-24-34-14-12-13-15-35(34)25-41(40)39(21-23-47(49-11,31(5)6)32(7)8)43-28-44-36(26-42(38)43)27-45(51-44)50-37-18-16-33(9)17-19-37/h12-19,24-32H,1-11H3. The Hall–Kier alpha value is -3.77. The van der Waals surface area contributed by atoms with Gasteiger partial charge in [0.15, 0.2) is 0 Å². The van der Waals surface area contributed by atoms with E-state index < -0.39 is 11.2 Å². The summed E-state index contributed by atoms with van der Waals surface area (Å²) in [6.45, 7) is 19.8. The van der Waals surface area contributed by atoms with E-state index in [0.29, 0.717) is 0 Å². The molecule has 1 aromatic heterocycles. The first-order chi connectivity index (χ1) is 24.3. The van der Waals surface area contributed by atoms with E-state index in [4.69, 9.17) is 9.47 Å². The molecule has 0 spiro atoms. The van der Waals surface area contributed by atoms with Gasteiger partial charge in [-0.05, 0) is 105 Å². The van der Waals surface area contributed by atoms with Gasteiger partial charge in [-0.2, -0.15) is 0 Å². The number of benzene rings is 5. The number of rotatable bonds is 8. The monoisotopic (exact) mass is 710 g/mol. The van der Waals surface area contributed by atoms with Crippen LogP contribution < -0.4 is 0 Å². The van der Waals surface area contributed by atoms with Crippen LogP contribution in [0.5, 0.6) is 0 Å². The topological polar surface area (TPSA) is 18.5 Å². The summed E-state index contributed by atoms with van der Waals surface area (Å²) < 4.78 is 15.0. The molecule has 0 amide bonds. The normalized spacial score (nSPS) is 12.5. The molecule has 5 aromatic carbocycles. The second kappa shape index (κ2) is 14.7. The average Bonchev–Trinajstić information content (AvgIpc) is 3.49. The van der Waals surface area contributed by atoms with Gasteiger partial charge in [0.25, 0.3) is 0 Å². The molecule has 0 saturated carbocycles. The Labute approximate surface area is 313 Å². The van der Waals surface area contributed by atoms with Crippen LogP contribution >= 0.6 is 23.1 Å². The number of thiophene rings is 1. The summed E-state index contributed by atoms with van der Waals surface area (Å²) >= 11 is 3.65. The van der Waals surface area contributed by atoms with Crippen LogP contribution in [0, 0.1) is 54.3 Å². The highest BCUT2D eigenvalue weighted by Crippen LogP contribution is 2.43. The zero-order chi connectivity index (χ0) is 36.7. The largest absolute Gasteiger partial charge is 0.365 e. The first kappa shape index (κ1) is 37.0. The van der Waals surface area contributed by atoms with E-state index in [9.17, 15) is 0 Å². The smallest absolute Gasteiger partial charge is 0.133 e. The van der Waals surface area contributed by atoms with Crippen LogP contribution in [0.15, 0.2) is 88.0 Å². The molecule has 0 aliphatic rings. The SMILES string of the molecule is COC(C#Cc1c2cc3ccccc3cc2c(C#CC(OC)(C(C)C)C(C)C)c2cc3sc(Sc4ccc(C)cc4)cc3cc12)(C(C)C)C(C)C. The summed E-state index contributed by atoms with van der Waals surface area (Å²) in [5.74, 6) is 15.8. The van der Waals surface area contributed by atoms with Gasteiger partial charge in [-0.25, -0.2) is 0 Å². The average molecular weight is 711 g/mol. The molecule has 51 heavy (non-hydrogen) atoms. The third kappa shape index (κ3) is 6.81. The maximum atomic E-state index is 6.26. The van der Waals surface area contributed by atoms with E-state index in [1.54, 1.807) is 14.2 Å². The van der Waals surface area contributed by atoms with Gasteiger partial charge in [-0.1, -0.05) is 133 Å². The van der Waals surface area contributed by atoms with Crippen molar-refractivity contribution in [2.24, 2.45) is 23.7 Å². The molecule has 0 saturated heterocycles. The van der Waals surface area contributed by atoms with Crippen molar-refractivity contribution in [3.05, 3.63) is 95.6 Å². The zero-order valence-electron chi connectivity index (χ0n) is 31.9. The van der Waals surface area contributed by atoms with Crippen molar-refractivity contribution >= 4 is 65.5 Å². The number of fused-ring (bicyclic) bond motifs is 4. The molecule has 2 nitrogen and oxygen atoms in total. The highest BCUT2D eigenvalue weighted by atomic mass is 32.2. The van der Waals surface area contributed by atoms with Crippen LogP contribution in [0.25, 0.3) is 42.4 Å². The van der Waals surface area contributed by atoms with Gasteiger partial charge < -0.3 is 9.47 Å². The molecule has 0 bridgehead atoms. The highest BCUT2D eigenvalue weighted by Gasteiger charge is 2.36. The van der Waals surface area contributed by atoms with Gasteiger partial charge in [0, 0.05) is 40.3 Å². The van der Waals surface area contributed by atoms with Crippen LogP contribution in [0.2, 0.25) is 0 Å². The van der Waals surface area contributed by atoms with Crippen molar-refractivity contribution < 1.29 is 9.47 Å². The van der Waals surface area contributed by atoms with Crippen molar-refractivity contribution in [1.82, 2.24) is 0 Å². The zero-order valence-corrected chi connectivity index (χ0v) is 33.6. The van der Waals surface area contributed by atoms with Gasteiger partial charge in [-0.15, -0.1) is 11.3 Å². The molecule has 6 rings (SSSR count). The van der Waals surface area contributed by atoms with E-state index in [1.807, 2.05) is 23.1 Å². The fourth-order valence-electron chi connectivity index (χ4n) is 7.74. The third-order valence-corrected chi connectivity index (χ3v) is 12.9. The minimum Gasteiger partial charge on any atom is -0.365 e. The summed E-state index contributed by atoms with van der Waals surface area (Å²) in [6, 6.07) is 29.0. The fraction of sp³-hybridized carbons (Fsp3) is 0.362. The van der Waals surface area contributed by atoms with Crippen LogP contribution in [0.1, 0.15) is 72.1 Å². The van der Waals surface area contributed by atoms with E-state index in [0.717, 1.165) is 32.7 Å². The lowest BCUT2D eigenvalue weighted by atomic mass is 9.79. The van der Waals surface area contributed by atoms with Crippen molar-refractivity contribution in [1.29, 1.82) is 0 Å². The van der Waals surface area contributed by atoms with Crippen molar-refractivity contribution in [3.8, 4) is 23.7 Å². The number of hydrogen-bond acceptors (Lipinski definition) is 4. The molecule has 0 fully saturated rings. The second-order valence-electron chi connectivity index (χ2n) is 15.0. The quantitative estimate of drug-likeness (QED) is 0.116. The minimum atomic E-state index is -0.592. The van der Waals surface area contributed by atoms with Crippen molar-refractivity contribution in [2.75, 3.05) is 14.2 Å². The Morgan fingerprint density at radius 2 is 1.00 bits per heavy atom. The summed E-state index contributed by atoms with van der Waals surface area (Å²) in [5.41, 5.74) is 2.12. The van der Waals surface area contributed by atoms with Gasteiger partial charge >= 0.3 is 0 Å². The third-order valence-electron chi connectivity index (χ3n) is 10.7. The Morgan fingerprint density at radius 3 is 1.43 bits per heavy atom. The molecular formula is C47H50O2S2. The lowest BCUT2D eigenvalue weighted by Gasteiger charge is -2.35. The van der Waals surface area contributed by atoms with Crippen molar-refractivity contribution in [3.63, 3.8) is 0 Å². The maximum Gasteiger partial charge on any atom is 0.133 e. The Kier molecular flexibility index (Phi) is 10.7. The second-order valence-corrected chi connectivity index (χ2v) is 17.5. The van der Waals surface area contributed by atoms with Crippen molar-refractivity contribution in [2.45, 2.75) is 82.6 Å². The molecule has 262 valence electrons. The predicted octanol–water partition coefficient (Wildman–Crippen LogP) is 12.9. The molecule has 6 aromatic rings. The van der Waals surface area contributed by atoms with E-state index in [1.165, 1.54) is 35.5 Å². The molecule has 0 N–H and O–H groups in total. The first-order valence-electron chi connectivity index (χ1n) is 18.1. The number of hydrogen-bond donors (Lipinski definition) is 0. The lowest BCUT2D eigenvalue weighted by molar-refractivity contribution is -0.0338. The van der Waals surface area contributed by atoms with Crippen LogP contribution in [-0.2, 0) is 9.47 Å². The van der Waals surface area contributed by atoms with Gasteiger partial charge in [-0.3, -0.25) is 0 Å². The molecule has 0 aliphatic heterocycles. The molecule has 0 aliphatic carbocycles. The summed E-state index contributed by atoms with van der Waals surface area (Å²) in [6.07, 6.45) is 0. The first-order valence-corrected chi connectivity index (χ1v) is 19.7. The molecular weight excluding hydrogens is 661 g/mol. The highest BCUT2D eigenvalue weighted by molar-refractivity contribution is 8.01. The predicted molar refractivity (Wildman–Crippen MR) is 222 cm³/mol. The summed E-state index contributed by atoms with van der Waals surface area (Å²) in [7, 11) is 3.59. The molecule has 1 heterocycles. The minimum absolute atomic E-state index is 0.206. The van der Waals surface area contributed by atoms with Gasteiger partial charge in [0.2, 0.25) is 0 Å². The molecule has 0 radical (unpaired) electrons. The molecule has 0 unspecified atom stereocenters. The van der Waals surface area contributed by atoms with E-state index in [-0.39, 0.29) is 23.7 Å². The number of ether oxygens (including phenoxy) is 2. The fourth-order valence-corrected chi connectivity index (χ4v) is 9.97. The van der Waals surface area contributed by atoms with Crippen LogP contribution in [-0.4, -0.2) is 25.4 Å². The molecule has 0 atom stereocenters. The van der Waals surface area contributed by atoms with Gasteiger partial charge in [0.05, 0.1) is 4.21 Å². The van der Waals surface area contributed by atoms with Crippen LogP contribution in [0.4, 0.5) is 0 Å². The Morgan fingerprint density at radius 1 is 0.569 bits per heavy atom. The number of methoxy groups -OCH3 is 2. The lowest BCUT2D eigenvalue weighted by Crippen LogP contribution is -2.41. The summed E-state index contributed by atoms with van der Waals surface area (Å²) in [4.78, 5) is 1.24. The van der Waals surface area contributed by atoms with E-state index in [2.05, 4.69) is 165 Å². The van der Waals surface area contributed by atoms with Crippen LogP contribution in [0.3, 0.4) is 0 Å². The maximum absolute atomic E-state index is 6.26. The molecule has 4 heteroatoms. The van der Waals surface area contributed by atoms with E-state index >= 15 is 0 Å².